The molecule has 0 spiro atoms. The van der Waals surface area contributed by atoms with Gasteiger partial charge in [-0.3, -0.25) is 4.18 Å². The number of halogens is 1. The Morgan fingerprint density at radius 2 is 2.29 bits per heavy atom. The minimum absolute atomic E-state index is 0.152. The number of hydrogen-bond acceptors (Lipinski definition) is 3. The van der Waals surface area contributed by atoms with Gasteiger partial charge in [0.2, 0.25) is 0 Å². The highest BCUT2D eigenvalue weighted by Gasteiger charge is 2.28. The van der Waals surface area contributed by atoms with E-state index >= 15 is 0 Å². The van der Waals surface area contributed by atoms with Gasteiger partial charge in [-0.15, -0.1) is 0 Å². The molecule has 0 unspecified atom stereocenters. The van der Waals surface area contributed by atoms with Gasteiger partial charge >= 0.3 is 10.3 Å². The predicted molar refractivity (Wildman–Crippen MR) is 54.9 cm³/mol. The maximum atomic E-state index is 11.0. The lowest BCUT2D eigenvalue weighted by molar-refractivity contribution is 0.338. The van der Waals surface area contributed by atoms with Gasteiger partial charge in [0.25, 0.3) is 0 Å². The van der Waals surface area contributed by atoms with Gasteiger partial charge in [-0.05, 0) is 17.7 Å². The summed E-state index contributed by atoms with van der Waals surface area (Å²) in [7, 11) is -3.52. The first-order valence-corrected chi connectivity index (χ1v) is 6.19. The zero-order valence-electron chi connectivity index (χ0n) is 7.10. The largest absolute Gasteiger partial charge is 0.336 e. The van der Waals surface area contributed by atoms with E-state index in [1.165, 1.54) is 0 Å². The SMILES string of the molecule is O=S1(=O)N[C@@H](c2cccc(Br)c2)CO1. The summed E-state index contributed by atoms with van der Waals surface area (Å²) in [4.78, 5) is 0. The topological polar surface area (TPSA) is 55.4 Å². The summed E-state index contributed by atoms with van der Waals surface area (Å²) in [5, 5.41) is 0. The number of hydrogen-bond donors (Lipinski definition) is 1. The van der Waals surface area contributed by atoms with E-state index in [4.69, 9.17) is 0 Å². The van der Waals surface area contributed by atoms with Gasteiger partial charge in [-0.1, -0.05) is 28.1 Å². The smallest absolute Gasteiger partial charge is 0.256 e. The molecule has 6 heteroatoms. The number of nitrogens with one attached hydrogen (secondary N) is 1. The molecule has 14 heavy (non-hydrogen) atoms. The first-order valence-electron chi connectivity index (χ1n) is 3.99. The van der Waals surface area contributed by atoms with Gasteiger partial charge in [-0.25, -0.2) is 0 Å². The Morgan fingerprint density at radius 3 is 2.86 bits per heavy atom. The Labute approximate surface area is 90.7 Å². The lowest BCUT2D eigenvalue weighted by atomic mass is 10.1. The van der Waals surface area contributed by atoms with Crippen LogP contribution in [0.4, 0.5) is 0 Å². The molecule has 0 amide bonds. The average molecular weight is 278 g/mol. The van der Waals surface area contributed by atoms with Crippen LogP contribution in [0.3, 0.4) is 0 Å². The molecule has 1 aromatic rings. The van der Waals surface area contributed by atoms with E-state index in [1.54, 1.807) is 0 Å². The second kappa shape index (κ2) is 3.62. The maximum absolute atomic E-state index is 11.0. The molecule has 1 fully saturated rings. The third kappa shape index (κ3) is 2.14. The van der Waals surface area contributed by atoms with Gasteiger partial charge in [-0.2, -0.15) is 13.1 Å². The van der Waals surface area contributed by atoms with Gasteiger partial charge < -0.3 is 0 Å². The quantitative estimate of drug-likeness (QED) is 0.843. The number of rotatable bonds is 1. The van der Waals surface area contributed by atoms with Crippen LogP contribution in [0.25, 0.3) is 0 Å². The molecule has 0 aliphatic carbocycles. The van der Waals surface area contributed by atoms with E-state index in [0.717, 1.165) is 10.0 Å². The van der Waals surface area contributed by atoms with E-state index in [0.29, 0.717) is 0 Å². The molecule has 4 nitrogen and oxygen atoms in total. The van der Waals surface area contributed by atoms with Crippen molar-refractivity contribution in [1.29, 1.82) is 0 Å². The lowest BCUT2D eigenvalue weighted by Gasteiger charge is -2.06. The van der Waals surface area contributed by atoms with Crippen LogP contribution in [-0.4, -0.2) is 15.0 Å². The highest BCUT2D eigenvalue weighted by molar-refractivity contribution is 9.10. The highest BCUT2D eigenvalue weighted by Crippen LogP contribution is 2.23. The van der Waals surface area contributed by atoms with Crippen molar-refractivity contribution in [2.75, 3.05) is 6.61 Å². The zero-order chi connectivity index (χ0) is 10.2. The fraction of sp³-hybridized carbons (Fsp3) is 0.250. The molecular weight excluding hydrogens is 270 g/mol. The Bertz CT molecular complexity index is 446. The summed E-state index contributed by atoms with van der Waals surface area (Å²) < 4.78 is 29.8. The van der Waals surface area contributed by atoms with Crippen molar-refractivity contribution in [3.05, 3.63) is 34.3 Å². The fourth-order valence-corrected chi connectivity index (χ4v) is 2.64. The second-order valence-electron chi connectivity index (χ2n) is 2.96. The van der Waals surface area contributed by atoms with Gasteiger partial charge in [0.15, 0.2) is 0 Å². The Morgan fingerprint density at radius 1 is 1.50 bits per heavy atom. The normalized spacial score (nSPS) is 25.1. The molecule has 0 saturated carbocycles. The first kappa shape index (κ1) is 10.1. The van der Waals surface area contributed by atoms with Crippen molar-refractivity contribution < 1.29 is 12.6 Å². The molecule has 1 heterocycles. The molecule has 0 aromatic heterocycles. The summed E-state index contributed by atoms with van der Waals surface area (Å²) in [6.07, 6.45) is 0. The van der Waals surface area contributed by atoms with Crippen molar-refractivity contribution in [3.8, 4) is 0 Å². The van der Waals surface area contributed by atoms with Crippen LogP contribution in [0.5, 0.6) is 0 Å². The molecule has 1 aliphatic rings. The molecule has 1 atom stereocenters. The van der Waals surface area contributed by atoms with E-state index in [1.807, 2.05) is 24.3 Å². The minimum atomic E-state index is -3.52. The minimum Gasteiger partial charge on any atom is -0.256 e. The van der Waals surface area contributed by atoms with Crippen LogP contribution in [-0.2, 0) is 14.5 Å². The fourth-order valence-electron chi connectivity index (χ4n) is 1.29. The average Bonchev–Trinajstić information content (AvgIpc) is 2.46. The molecular formula is C8H8BrNO3S. The monoisotopic (exact) mass is 277 g/mol. The molecule has 0 bridgehead atoms. The van der Waals surface area contributed by atoms with Gasteiger partial charge in [0.1, 0.15) is 0 Å². The van der Waals surface area contributed by atoms with E-state index in [9.17, 15) is 8.42 Å². The summed E-state index contributed by atoms with van der Waals surface area (Å²) >= 11 is 3.32. The standard InChI is InChI=1S/C8H8BrNO3S/c9-7-3-1-2-6(4-7)8-5-13-14(11,12)10-8/h1-4,8,10H,5H2/t8-/m1/s1. The van der Waals surface area contributed by atoms with Crippen LogP contribution in [0.15, 0.2) is 28.7 Å². The molecule has 0 radical (unpaired) electrons. The molecule has 1 aliphatic heterocycles. The Kier molecular flexibility index (Phi) is 2.61. The zero-order valence-corrected chi connectivity index (χ0v) is 9.51. The number of benzene rings is 1. The van der Waals surface area contributed by atoms with Crippen LogP contribution in [0.1, 0.15) is 11.6 Å². The van der Waals surface area contributed by atoms with Crippen LogP contribution < -0.4 is 4.72 Å². The third-order valence-electron chi connectivity index (χ3n) is 1.93. The highest BCUT2D eigenvalue weighted by atomic mass is 79.9. The summed E-state index contributed by atoms with van der Waals surface area (Å²) in [5.74, 6) is 0. The molecule has 1 aromatic carbocycles. The van der Waals surface area contributed by atoms with E-state index in [2.05, 4.69) is 24.8 Å². The molecule has 1 N–H and O–H groups in total. The summed E-state index contributed by atoms with van der Waals surface area (Å²) in [6, 6.07) is 7.17. The maximum Gasteiger partial charge on any atom is 0.336 e. The molecule has 76 valence electrons. The van der Waals surface area contributed by atoms with E-state index < -0.39 is 10.3 Å². The van der Waals surface area contributed by atoms with E-state index in [-0.39, 0.29) is 12.6 Å². The molecule has 2 rings (SSSR count). The van der Waals surface area contributed by atoms with Gasteiger partial charge in [0.05, 0.1) is 12.6 Å². The Hall–Kier alpha value is -0.430. The van der Waals surface area contributed by atoms with Crippen LogP contribution >= 0.6 is 15.9 Å². The summed E-state index contributed by atoms with van der Waals surface area (Å²) in [5.41, 5.74) is 0.889. The van der Waals surface area contributed by atoms with Crippen molar-refractivity contribution in [2.45, 2.75) is 6.04 Å². The van der Waals surface area contributed by atoms with Crippen molar-refractivity contribution in [1.82, 2.24) is 4.72 Å². The van der Waals surface area contributed by atoms with Crippen molar-refractivity contribution in [3.63, 3.8) is 0 Å². The third-order valence-corrected chi connectivity index (χ3v) is 3.44. The second-order valence-corrected chi connectivity index (χ2v) is 5.26. The van der Waals surface area contributed by atoms with Crippen LogP contribution in [0, 0.1) is 0 Å². The lowest BCUT2D eigenvalue weighted by Crippen LogP contribution is -2.19. The van der Waals surface area contributed by atoms with Gasteiger partial charge in [0, 0.05) is 4.47 Å². The predicted octanol–water partition coefficient (Wildman–Crippen LogP) is 1.35. The molecule has 1 saturated heterocycles. The Balaban J connectivity index is 2.26. The first-order chi connectivity index (χ1) is 6.57. The van der Waals surface area contributed by atoms with Crippen molar-refractivity contribution in [2.24, 2.45) is 0 Å². The van der Waals surface area contributed by atoms with Crippen molar-refractivity contribution >= 4 is 26.2 Å². The summed E-state index contributed by atoms with van der Waals surface area (Å²) in [6.45, 7) is 0.152. The van der Waals surface area contributed by atoms with Crippen LogP contribution in [0.2, 0.25) is 0 Å².